The molecule has 4 heterocycles. The average Bonchev–Trinajstić information content (AvgIpc) is 3.63. The van der Waals surface area contributed by atoms with E-state index in [0.717, 1.165) is 31.4 Å². The van der Waals surface area contributed by atoms with Gasteiger partial charge in [-0.2, -0.15) is 10.4 Å². The van der Waals surface area contributed by atoms with Crippen molar-refractivity contribution in [3.05, 3.63) is 35.4 Å². The first kappa shape index (κ1) is 24.7. The quantitative estimate of drug-likeness (QED) is 0.536. The third-order valence-corrected chi connectivity index (χ3v) is 6.42. The Labute approximate surface area is 214 Å². The van der Waals surface area contributed by atoms with Gasteiger partial charge in [0.05, 0.1) is 18.9 Å². The van der Waals surface area contributed by atoms with Crippen molar-refractivity contribution in [2.75, 3.05) is 25.5 Å². The topological polar surface area (TPSA) is 118 Å². The van der Waals surface area contributed by atoms with Crippen molar-refractivity contribution in [1.29, 1.82) is 5.26 Å². The zero-order valence-electron chi connectivity index (χ0n) is 21.4. The molecule has 0 aromatic carbocycles. The second kappa shape index (κ2) is 9.50. The summed E-state index contributed by atoms with van der Waals surface area (Å²) in [4.78, 5) is 23.1. The van der Waals surface area contributed by atoms with Crippen LogP contribution in [0.25, 0.3) is 17.0 Å². The number of aromatic nitrogens is 4. The van der Waals surface area contributed by atoms with Crippen LogP contribution >= 0.6 is 0 Å². The fourth-order valence-corrected chi connectivity index (χ4v) is 4.52. The van der Waals surface area contributed by atoms with E-state index in [-0.39, 0.29) is 29.2 Å². The van der Waals surface area contributed by atoms with Gasteiger partial charge >= 0.3 is 6.09 Å². The summed E-state index contributed by atoms with van der Waals surface area (Å²) in [5.74, 6) is 0.578. The molecule has 3 aromatic rings. The second-order valence-electron chi connectivity index (χ2n) is 10.5. The van der Waals surface area contributed by atoms with Crippen LogP contribution in [0, 0.1) is 17.1 Å². The van der Waals surface area contributed by atoms with Crippen LogP contribution in [0.5, 0.6) is 5.75 Å². The highest BCUT2D eigenvalue weighted by Crippen LogP contribution is 2.43. The van der Waals surface area contributed by atoms with Crippen LogP contribution in [0.3, 0.4) is 0 Å². The van der Waals surface area contributed by atoms with E-state index >= 15 is 4.39 Å². The number of fused-ring (bicyclic) bond motifs is 1. The van der Waals surface area contributed by atoms with E-state index in [9.17, 15) is 10.1 Å². The molecule has 0 bridgehead atoms. The highest BCUT2D eigenvalue weighted by Gasteiger charge is 2.31. The predicted molar refractivity (Wildman–Crippen MR) is 134 cm³/mol. The van der Waals surface area contributed by atoms with E-state index in [1.54, 1.807) is 22.6 Å². The molecular weight excluding hydrogens is 477 g/mol. The van der Waals surface area contributed by atoms with E-state index in [1.807, 2.05) is 26.8 Å². The number of halogens is 1. The summed E-state index contributed by atoms with van der Waals surface area (Å²) in [5.41, 5.74) is 1.22. The maximum absolute atomic E-state index is 15.2. The molecule has 1 aliphatic heterocycles. The molecule has 11 heteroatoms. The number of carbonyl (C=O) groups is 1. The first-order valence-electron chi connectivity index (χ1n) is 12.4. The Hall–Kier alpha value is -3.94. The van der Waals surface area contributed by atoms with Crippen LogP contribution in [0.15, 0.2) is 18.3 Å². The van der Waals surface area contributed by atoms with Gasteiger partial charge in [0.2, 0.25) is 0 Å². The van der Waals surface area contributed by atoms with Gasteiger partial charge in [-0.25, -0.2) is 23.7 Å². The normalized spacial score (nSPS) is 17.9. The van der Waals surface area contributed by atoms with Crippen LogP contribution in [0.2, 0.25) is 0 Å². The van der Waals surface area contributed by atoms with E-state index in [2.05, 4.69) is 15.3 Å². The van der Waals surface area contributed by atoms with Crippen LogP contribution in [-0.4, -0.2) is 62.4 Å². The van der Waals surface area contributed by atoms with E-state index < -0.39 is 11.4 Å². The van der Waals surface area contributed by atoms with Crippen molar-refractivity contribution >= 4 is 17.6 Å². The molecule has 0 unspecified atom stereocenters. The van der Waals surface area contributed by atoms with E-state index in [0.29, 0.717) is 36.1 Å². The van der Waals surface area contributed by atoms with Gasteiger partial charge in [0.1, 0.15) is 40.3 Å². The summed E-state index contributed by atoms with van der Waals surface area (Å²) in [7, 11) is 1.60. The monoisotopic (exact) mass is 507 g/mol. The molecule has 3 aromatic heterocycles. The lowest BCUT2D eigenvalue weighted by Gasteiger charge is -2.34. The van der Waals surface area contributed by atoms with Crippen LogP contribution < -0.4 is 10.1 Å². The number of anilines is 1. The molecule has 1 saturated carbocycles. The first-order chi connectivity index (χ1) is 17.7. The highest BCUT2D eigenvalue weighted by atomic mass is 19.1. The largest absolute Gasteiger partial charge is 0.495 e. The molecule has 37 heavy (non-hydrogen) atoms. The summed E-state index contributed by atoms with van der Waals surface area (Å²) < 4.78 is 27.8. The Morgan fingerprint density at radius 2 is 2.05 bits per heavy atom. The molecule has 1 atom stereocenters. The van der Waals surface area contributed by atoms with Crippen molar-refractivity contribution in [3.8, 4) is 23.2 Å². The minimum absolute atomic E-state index is 0.0354. The lowest BCUT2D eigenvalue weighted by atomic mass is 10.1. The number of nitrogens with zero attached hydrogens (tertiary/aromatic N) is 6. The van der Waals surface area contributed by atoms with Gasteiger partial charge in [0, 0.05) is 31.1 Å². The van der Waals surface area contributed by atoms with Gasteiger partial charge in [0.15, 0.2) is 11.5 Å². The summed E-state index contributed by atoms with van der Waals surface area (Å²) >= 11 is 0. The Kier molecular flexibility index (Phi) is 6.35. The second-order valence-corrected chi connectivity index (χ2v) is 10.5. The van der Waals surface area contributed by atoms with Crippen molar-refractivity contribution in [2.45, 2.75) is 64.0 Å². The molecule has 0 radical (unpaired) electrons. The number of methoxy groups -OCH3 is 1. The van der Waals surface area contributed by atoms with E-state index in [1.165, 1.54) is 12.3 Å². The average molecular weight is 508 g/mol. The van der Waals surface area contributed by atoms with Crippen LogP contribution in [0.1, 0.15) is 63.6 Å². The summed E-state index contributed by atoms with van der Waals surface area (Å²) in [5, 5.41) is 17.6. The SMILES string of the molecule is COc1cc2ncc(-c3nc(N[C@@H]4CCCN(C(=O)OC(C)(C)C)C4)c(C#N)cc3F)n2nc1C1CC1. The molecule has 1 saturated heterocycles. The zero-order chi connectivity index (χ0) is 26.3. The molecule has 2 fully saturated rings. The van der Waals surface area contributed by atoms with Gasteiger partial charge in [-0.1, -0.05) is 0 Å². The van der Waals surface area contributed by atoms with Gasteiger partial charge in [0.25, 0.3) is 0 Å². The smallest absolute Gasteiger partial charge is 0.410 e. The molecule has 5 rings (SSSR count). The first-order valence-corrected chi connectivity index (χ1v) is 12.4. The van der Waals surface area contributed by atoms with E-state index in [4.69, 9.17) is 14.6 Å². The summed E-state index contributed by atoms with van der Waals surface area (Å²) in [6.45, 7) is 6.45. The summed E-state index contributed by atoms with van der Waals surface area (Å²) in [6, 6.07) is 4.81. The number of amides is 1. The molecule has 10 nitrogen and oxygen atoms in total. The maximum Gasteiger partial charge on any atom is 0.410 e. The summed E-state index contributed by atoms with van der Waals surface area (Å²) in [6.07, 6.45) is 4.71. The van der Waals surface area contributed by atoms with Crippen molar-refractivity contribution < 1.29 is 18.7 Å². The fraction of sp³-hybridized carbons (Fsp3) is 0.500. The Balaban J connectivity index is 1.45. The number of imidazole rings is 1. The number of nitriles is 1. The minimum atomic E-state index is -0.645. The third kappa shape index (κ3) is 5.14. The lowest BCUT2D eigenvalue weighted by Crippen LogP contribution is -2.47. The van der Waals surface area contributed by atoms with Crippen LogP contribution in [-0.2, 0) is 4.74 Å². The standard InChI is InChI=1S/C26H30FN7O3/c1-26(2,3)37-25(35)33-9-5-6-17(14-33)30-24-16(12-28)10-18(27)23(31-24)19-13-29-21-11-20(36-4)22(15-7-8-15)32-34(19)21/h10-11,13,15,17H,5-9,14H2,1-4H3,(H,30,31)/t17-/m1/s1. The van der Waals surface area contributed by atoms with Crippen molar-refractivity contribution in [3.63, 3.8) is 0 Å². The highest BCUT2D eigenvalue weighted by molar-refractivity contribution is 5.69. The Morgan fingerprint density at radius 3 is 2.73 bits per heavy atom. The number of pyridine rings is 1. The molecule has 2 aliphatic rings. The number of carbonyl (C=O) groups excluding carboxylic acids is 1. The number of likely N-dealkylation sites (tertiary alicyclic amines) is 1. The predicted octanol–water partition coefficient (Wildman–Crippen LogP) is 4.50. The molecule has 0 spiro atoms. The van der Waals surface area contributed by atoms with Gasteiger partial charge in [-0.05, 0) is 52.5 Å². The Morgan fingerprint density at radius 1 is 1.27 bits per heavy atom. The third-order valence-electron chi connectivity index (χ3n) is 6.42. The van der Waals surface area contributed by atoms with Crippen LogP contribution in [0.4, 0.5) is 15.0 Å². The zero-order valence-corrected chi connectivity index (χ0v) is 21.4. The number of hydrogen-bond donors (Lipinski definition) is 1. The lowest BCUT2D eigenvalue weighted by molar-refractivity contribution is 0.0206. The van der Waals surface area contributed by atoms with Crippen molar-refractivity contribution in [1.82, 2.24) is 24.5 Å². The number of piperidine rings is 1. The molecule has 1 N–H and O–H groups in total. The maximum atomic E-state index is 15.2. The molecule has 1 amide bonds. The number of nitrogens with one attached hydrogen (secondary N) is 1. The number of rotatable bonds is 5. The van der Waals surface area contributed by atoms with Gasteiger partial charge in [-0.15, -0.1) is 0 Å². The van der Waals surface area contributed by atoms with Crippen molar-refractivity contribution in [2.24, 2.45) is 0 Å². The Bertz CT molecular complexity index is 1390. The molecular formula is C26H30FN7O3. The van der Waals surface area contributed by atoms with Gasteiger partial charge in [-0.3, -0.25) is 0 Å². The van der Waals surface area contributed by atoms with Gasteiger partial charge < -0.3 is 19.7 Å². The number of ether oxygens (including phenoxy) is 2. The minimum Gasteiger partial charge on any atom is -0.495 e. The molecule has 1 aliphatic carbocycles. The fourth-order valence-electron chi connectivity index (χ4n) is 4.52. The number of hydrogen-bond acceptors (Lipinski definition) is 8. The molecule has 194 valence electrons.